The summed E-state index contributed by atoms with van der Waals surface area (Å²) >= 11 is 0. The normalized spacial score (nSPS) is 28.7. The summed E-state index contributed by atoms with van der Waals surface area (Å²) in [6, 6.07) is 0.614. The fourth-order valence-corrected chi connectivity index (χ4v) is 1.06. The molecule has 68 valence electrons. The monoisotopic (exact) mass is 169 g/mol. The molecule has 0 aromatic carbocycles. The van der Waals surface area contributed by atoms with Crippen LogP contribution in [0.2, 0.25) is 0 Å². The van der Waals surface area contributed by atoms with Crippen molar-refractivity contribution in [3.63, 3.8) is 0 Å². The SMILES string of the molecule is C/C(=C/CNC1CC1C)C(=O)O. The van der Waals surface area contributed by atoms with Crippen LogP contribution in [0.25, 0.3) is 0 Å². The third-order valence-corrected chi connectivity index (χ3v) is 2.24. The van der Waals surface area contributed by atoms with E-state index in [-0.39, 0.29) is 0 Å². The maximum absolute atomic E-state index is 10.4. The zero-order valence-electron chi connectivity index (χ0n) is 7.50. The summed E-state index contributed by atoms with van der Waals surface area (Å²) in [6.07, 6.45) is 2.94. The van der Waals surface area contributed by atoms with Gasteiger partial charge in [0.05, 0.1) is 0 Å². The Labute approximate surface area is 72.5 Å². The minimum absolute atomic E-state index is 0.413. The molecule has 0 radical (unpaired) electrons. The van der Waals surface area contributed by atoms with Crippen LogP contribution >= 0.6 is 0 Å². The molecule has 2 unspecified atom stereocenters. The molecule has 3 nitrogen and oxygen atoms in total. The molecule has 0 bridgehead atoms. The molecule has 2 atom stereocenters. The van der Waals surface area contributed by atoms with Crippen LogP contribution in [0, 0.1) is 5.92 Å². The maximum Gasteiger partial charge on any atom is 0.330 e. The van der Waals surface area contributed by atoms with E-state index in [1.165, 1.54) is 6.42 Å². The molecule has 0 heterocycles. The Morgan fingerprint density at radius 2 is 2.33 bits per heavy atom. The standard InChI is InChI=1S/C9H15NO2/c1-6(9(11)12)3-4-10-8-5-7(8)2/h3,7-8,10H,4-5H2,1-2H3,(H,11,12)/b6-3-. The highest BCUT2D eigenvalue weighted by Gasteiger charge is 2.31. The van der Waals surface area contributed by atoms with E-state index in [9.17, 15) is 4.79 Å². The first-order valence-corrected chi connectivity index (χ1v) is 4.24. The van der Waals surface area contributed by atoms with E-state index in [4.69, 9.17) is 5.11 Å². The van der Waals surface area contributed by atoms with Crippen LogP contribution in [0.4, 0.5) is 0 Å². The first kappa shape index (κ1) is 9.26. The second kappa shape index (κ2) is 3.72. The van der Waals surface area contributed by atoms with Gasteiger partial charge in [0, 0.05) is 18.2 Å². The summed E-state index contributed by atoms with van der Waals surface area (Å²) in [4.78, 5) is 10.4. The highest BCUT2D eigenvalue weighted by molar-refractivity contribution is 5.85. The largest absolute Gasteiger partial charge is 0.478 e. The molecular weight excluding hydrogens is 154 g/mol. The number of hydrogen-bond donors (Lipinski definition) is 2. The third kappa shape index (κ3) is 2.66. The maximum atomic E-state index is 10.4. The molecule has 1 saturated carbocycles. The van der Waals surface area contributed by atoms with Crippen LogP contribution in [-0.2, 0) is 4.79 Å². The van der Waals surface area contributed by atoms with Crippen LogP contribution in [0.3, 0.4) is 0 Å². The minimum Gasteiger partial charge on any atom is -0.478 e. The Morgan fingerprint density at radius 3 is 2.75 bits per heavy atom. The van der Waals surface area contributed by atoms with Crippen molar-refractivity contribution in [2.45, 2.75) is 26.3 Å². The second-order valence-corrected chi connectivity index (χ2v) is 3.42. The van der Waals surface area contributed by atoms with Gasteiger partial charge >= 0.3 is 5.97 Å². The fraction of sp³-hybridized carbons (Fsp3) is 0.667. The van der Waals surface area contributed by atoms with E-state index >= 15 is 0 Å². The summed E-state index contributed by atoms with van der Waals surface area (Å²) in [5.74, 6) is -0.0656. The summed E-state index contributed by atoms with van der Waals surface area (Å²) in [7, 11) is 0. The summed E-state index contributed by atoms with van der Waals surface area (Å²) in [5, 5.41) is 11.8. The molecule has 0 spiro atoms. The van der Waals surface area contributed by atoms with Gasteiger partial charge in [-0.25, -0.2) is 4.79 Å². The van der Waals surface area contributed by atoms with Gasteiger partial charge in [0.25, 0.3) is 0 Å². The van der Waals surface area contributed by atoms with Crippen LogP contribution < -0.4 is 5.32 Å². The van der Waals surface area contributed by atoms with Gasteiger partial charge in [-0.1, -0.05) is 13.0 Å². The topological polar surface area (TPSA) is 49.3 Å². The van der Waals surface area contributed by atoms with Gasteiger partial charge in [0.15, 0.2) is 0 Å². The van der Waals surface area contributed by atoms with Crippen LogP contribution in [0.1, 0.15) is 20.3 Å². The zero-order valence-corrected chi connectivity index (χ0v) is 7.50. The Kier molecular flexibility index (Phi) is 2.87. The number of hydrogen-bond acceptors (Lipinski definition) is 2. The highest BCUT2D eigenvalue weighted by atomic mass is 16.4. The molecule has 0 aromatic heterocycles. The lowest BCUT2D eigenvalue weighted by Crippen LogP contribution is -2.18. The quantitative estimate of drug-likeness (QED) is 0.618. The molecule has 1 rings (SSSR count). The minimum atomic E-state index is -0.833. The second-order valence-electron chi connectivity index (χ2n) is 3.42. The molecule has 1 aliphatic carbocycles. The Balaban J connectivity index is 2.16. The molecule has 0 saturated heterocycles. The van der Waals surface area contributed by atoms with E-state index in [1.807, 2.05) is 0 Å². The van der Waals surface area contributed by atoms with Gasteiger partial charge in [0.2, 0.25) is 0 Å². The van der Waals surface area contributed by atoms with Crippen LogP contribution in [0.15, 0.2) is 11.6 Å². The van der Waals surface area contributed by atoms with Gasteiger partial charge < -0.3 is 10.4 Å². The number of carbonyl (C=O) groups is 1. The number of aliphatic carboxylic acids is 1. The zero-order chi connectivity index (χ0) is 9.14. The third-order valence-electron chi connectivity index (χ3n) is 2.24. The molecule has 3 heteroatoms. The van der Waals surface area contributed by atoms with E-state index < -0.39 is 5.97 Å². The Morgan fingerprint density at radius 1 is 1.75 bits per heavy atom. The summed E-state index contributed by atoms with van der Waals surface area (Å²) in [6.45, 7) is 4.47. The van der Waals surface area contributed by atoms with E-state index in [0.29, 0.717) is 18.2 Å². The van der Waals surface area contributed by atoms with Crippen molar-refractivity contribution in [3.05, 3.63) is 11.6 Å². The van der Waals surface area contributed by atoms with Crippen molar-refractivity contribution < 1.29 is 9.90 Å². The first-order valence-electron chi connectivity index (χ1n) is 4.24. The van der Waals surface area contributed by atoms with Crippen molar-refractivity contribution in [2.24, 2.45) is 5.92 Å². The first-order chi connectivity index (χ1) is 5.61. The molecule has 1 aliphatic rings. The van der Waals surface area contributed by atoms with Gasteiger partial charge in [-0.05, 0) is 19.3 Å². The lowest BCUT2D eigenvalue weighted by Gasteiger charge is -1.97. The Hall–Kier alpha value is -0.830. The summed E-state index contributed by atoms with van der Waals surface area (Å²) < 4.78 is 0. The highest BCUT2D eigenvalue weighted by Crippen LogP contribution is 2.28. The summed E-state index contributed by atoms with van der Waals surface area (Å²) in [5.41, 5.74) is 0.413. The fourth-order valence-electron chi connectivity index (χ4n) is 1.06. The van der Waals surface area contributed by atoms with Gasteiger partial charge in [-0.2, -0.15) is 0 Å². The molecule has 2 N–H and O–H groups in total. The predicted molar refractivity (Wildman–Crippen MR) is 47.0 cm³/mol. The molecule has 0 aliphatic heterocycles. The number of carboxylic acid groups (broad SMARTS) is 1. The smallest absolute Gasteiger partial charge is 0.330 e. The predicted octanol–water partition coefficient (Wildman–Crippen LogP) is 1.02. The van der Waals surface area contributed by atoms with Gasteiger partial charge in [0.1, 0.15) is 0 Å². The lowest BCUT2D eigenvalue weighted by molar-refractivity contribution is -0.132. The molecule has 0 aromatic rings. The van der Waals surface area contributed by atoms with E-state index in [1.54, 1.807) is 13.0 Å². The number of carboxylic acids is 1. The molecule has 12 heavy (non-hydrogen) atoms. The van der Waals surface area contributed by atoms with Crippen LogP contribution in [0.5, 0.6) is 0 Å². The molecule has 0 amide bonds. The average Bonchev–Trinajstić information content (AvgIpc) is 2.66. The lowest BCUT2D eigenvalue weighted by atomic mass is 10.3. The Bertz CT molecular complexity index is 211. The molecular formula is C9H15NO2. The van der Waals surface area contributed by atoms with Crippen molar-refractivity contribution >= 4 is 5.97 Å². The number of rotatable bonds is 4. The van der Waals surface area contributed by atoms with Gasteiger partial charge in [-0.15, -0.1) is 0 Å². The van der Waals surface area contributed by atoms with E-state index in [0.717, 1.165) is 5.92 Å². The van der Waals surface area contributed by atoms with Crippen molar-refractivity contribution in [1.29, 1.82) is 0 Å². The van der Waals surface area contributed by atoms with E-state index in [2.05, 4.69) is 12.2 Å². The average molecular weight is 169 g/mol. The van der Waals surface area contributed by atoms with Crippen molar-refractivity contribution in [3.8, 4) is 0 Å². The van der Waals surface area contributed by atoms with Crippen LogP contribution in [-0.4, -0.2) is 23.7 Å². The van der Waals surface area contributed by atoms with Crippen molar-refractivity contribution in [1.82, 2.24) is 5.32 Å². The number of nitrogens with one attached hydrogen (secondary N) is 1. The van der Waals surface area contributed by atoms with Gasteiger partial charge in [-0.3, -0.25) is 0 Å². The van der Waals surface area contributed by atoms with Crippen molar-refractivity contribution in [2.75, 3.05) is 6.54 Å². The molecule has 1 fully saturated rings.